The molecule has 0 saturated heterocycles. The van der Waals surface area contributed by atoms with Crippen LogP contribution in [-0.4, -0.2) is 25.1 Å². The first-order valence-electron chi connectivity index (χ1n) is 10.8. The molecule has 3 aromatic rings. The molecule has 1 aliphatic heterocycles. The van der Waals surface area contributed by atoms with E-state index in [1.807, 2.05) is 46.8 Å². The van der Waals surface area contributed by atoms with Crippen molar-refractivity contribution < 1.29 is 4.79 Å². The van der Waals surface area contributed by atoms with Crippen molar-refractivity contribution in [2.45, 2.75) is 68.0 Å². The molecule has 0 spiro atoms. The van der Waals surface area contributed by atoms with Crippen molar-refractivity contribution >= 4 is 17.4 Å². The summed E-state index contributed by atoms with van der Waals surface area (Å²) >= 11 is 6.05. The fourth-order valence-electron chi connectivity index (χ4n) is 3.33. The fourth-order valence-corrected chi connectivity index (χ4v) is 3.46. The molecule has 31 heavy (non-hydrogen) atoms. The Morgan fingerprint density at radius 1 is 1.06 bits per heavy atom. The Morgan fingerprint density at radius 3 is 2.16 bits per heavy atom. The number of Topliss-reactive ketones (excluding diaryl/α,β-unsaturated/α-hetero) is 1. The minimum Gasteiger partial charge on any atom is -0.352 e. The molecule has 2 aromatic heterocycles. The minimum atomic E-state index is 0.101. The molecule has 0 saturated carbocycles. The number of hydrogen-bond acceptors (Lipinski definition) is 4. The van der Waals surface area contributed by atoms with Crippen molar-refractivity contribution in [2.75, 3.05) is 0 Å². The molecule has 1 aliphatic rings. The van der Waals surface area contributed by atoms with Crippen LogP contribution in [0.25, 0.3) is 5.69 Å². The van der Waals surface area contributed by atoms with Crippen molar-refractivity contribution in [3.63, 3.8) is 0 Å². The van der Waals surface area contributed by atoms with Gasteiger partial charge in [0, 0.05) is 29.5 Å². The lowest BCUT2D eigenvalue weighted by molar-refractivity contribution is -0.114. The second kappa shape index (κ2) is 12.4. The van der Waals surface area contributed by atoms with Crippen LogP contribution in [0.2, 0.25) is 5.02 Å². The number of halogens is 1. The molecule has 0 aliphatic carbocycles. The molecule has 1 atom stereocenters. The van der Waals surface area contributed by atoms with Crippen LogP contribution in [-0.2, 0) is 18.4 Å². The summed E-state index contributed by atoms with van der Waals surface area (Å²) in [7, 11) is 2.07. The van der Waals surface area contributed by atoms with Gasteiger partial charge in [0.25, 0.3) is 0 Å². The van der Waals surface area contributed by atoms with Crippen LogP contribution in [0.3, 0.4) is 0 Å². The molecule has 3 heterocycles. The quantitative estimate of drug-likeness (QED) is 0.520. The summed E-state index contributed by atoms with van der Waals surface area (Å²) in [6, 6.07) is 8.13. The highest BCUT2D eigenvalue weighted by atomic mass is 35.5. The van der Waals surface area contributed by atoms with E-state index in [9.17, 15) is 4.79 Å². The van der Waals surface area contributed by atoms with E-state index < -0.39 is 0 Å². The normalized spacial score (nSPS) is 13.7. The average molecular weight is 446 g/mol. The van der Waals surface area contributed by atoms with E-state index in [1.54, 1.807) is 0 Å². The number of nitrogens with one attached hydrogen (secondary N) is 1. The van der Waals surface area contributed by atoms with Crippen molar-refractivity contribution in [3.8, 4) is 5.69 Å². The third-order valence-electron chi connectivity index (χ3n) is 4.60. The van der Waals surface area contributed by atoms with E-state index in [4.69, 9.17) is 11.6 Å². The first kappa shape index (κ1) is 26.6. The fraction of sp³-hybridized carbons (Fsp3) is 0.458. The third-order valence-corrected chi connectivity index (χ3v) is 4.85. The van der Waals surface area contributed by atoms with Gasteiger partial charge in [-0.15, -0.1) is 10.2 Å². The van der Waals surface area contributed by atoms with Gasteiger partial charge in [0.1, 0.15) is 11.6 Å². The van der Waals surface area contributed by atoms with E-state index in [2.05, 4.69) is 56.9 Å². The summed E-state index contributed by atoms with van der Waals surface area (Å²) < 4.78 is 4.30. The smallest absolute Gasteiger partial charge is 0.151 e. The summed E-state index contributed by atoms with van der Waals surface area (Å²) in [5, 5.41) is 12.9. The van der Waals surface area contributed by atoms with Gasteiger partial charge in [0.2, 0.25) is 0 Å². The number of aromatic nitrogens is 4. The Bertz CT molecular complexity index is 969. The van der Waals surface area contributed by atoms with Crippen LogP contribution in [0.15, 0.2) is 30.5 Å². The highest BCUT2D eigenvalue weighted by Crippen LogP contribution is 2.35. The second-order valence-corrected chi connectivity index (χ2v) is 7.33. The molecule has 1 unspecified atom stereocenters. The largest absolute Gasteiger partial charge is 0.352 e. The molecule has 7 heteroatoms. The van der Waals surface area contributed by atoms with Gasteiger partial charge in [-0.2, -0.15) is 0 Å². The Labute approximate surface area is 191 Å². The van der Waals surface area contributed by atoms with E-state index in [-0.39, 0.29) is 11.8 Å². The number of hydrogen-bond donors (Lipinski definition) is 1. The topological polar surface area (TPSA) is 64.7 Å². The maximum Gasteiger partial charge on any atom is 0.151 e. The number of ketones is 1. The monoisotopic (exact) mass is 445 g/mol. The zero-order valence-corrected chi connectivity index (χ0v) is 21.0. The van der Waals surface area contributed by atoms with Crippen LogP contribution in [0, 0.1) is 13.8 Å². The number of benzene rings is 1. The average Bonchev–Trinajstić information content (AvgIpc) is 3.19. The van der Waals surface area contributed by atoms with Gasteiger partial charge in [0.15, 0.2) is 5.82 Å². The van der Waals surface area contributed by atoms with Gasteiger partial charge in [-0.25, -0.2) is 0 Å². The molecule has 6 nitrogen and oxygen atoms in total. The lowest BCUT2D eigenvalue weighted by Crippen LogP contribution is -2.21. The van der Waals surface area contributed by atoms with Crippen molar-refractivity contribution in [1.82, 2.24) is 24.6 Å². The molecule has 0 bridgehead atoms. The van der Waals surface area contributed by atoms with E-state index >= 15 is 0 Å². The summed E-state index contributed by atoms with van der Waals surface area (Å²) in [6.45, 7) is 15.9. The standard InChI is InChI=1S/C17H18ClN5.C3H6O.2C2H6/c1-10-16-14(9-22(10)3)23-11(2)20-21-15(23)8-19-17(16)12-4-6-13(18)7-5-12;1-3(2)4;2*1-2/h4-7,9,17,19H,8H2,1-3H3;1-2H3;2*1-2H3. The molecule has 170 valence electrons. The van der Waals surface area contributed by atoms with E-state index in [0.717, 1.165) is 22.4 Å². The Hall–Kier alpha value is -2.44. The highest BCUT2D eigenvalue weighted by molar-refractivity contribution is 6.30. The van der Waals surface area contributed by atoms with Gasteiger partial charge in [-0.05, 0) is 45.4 Å². The Kier molecular flexibility index (Phi) is 10.7. The zero-order valence-electron chi connectivity index (χ0n) is 20.2. The Morgan fingerprint density at radius 2 is 1.61 bits per heavy atom. The van der Waals surface area contributed by atoms with Crippen LogP contribution < -0.4 is 5.32 Å². The molecule has 0 radical (unpaired) electrons. The SMILES string of the molecule is CC.CC.CC(C)=O.Cc1c2c(cn1C)-n1c(C)nnc1CNC2c1ccc(Cl)cc1. The number of fused-ring (bicyclic) bond motifs is 3. The molecule has 0 fully saturated rings. The predicted octanol–water partition coefficient (Wildman–Crippen LogP) is 5.72. The van der Waals surface area contributed by atoms with Crippen molar-refractivity contribution in [2.24, 2.45) is 7.05 Å². The van der Waals surface area contributed by atoms with Crippen LogP contribution in [0.5, 0.6) is 0 Å². The number of carbonyl (C=O) groups is 1. The maximum absolute atomic E-state index is 9.44. The van der Waals surface area contributed by atoms with Crippen molar-refractivity contribution in [1.29, 1.82) is 0 Å². The molecular formula is C24H36ClN5O. The zero-order chi connectivity index (χ0) is 23.7. The Balaban J connectivity index is 0.000000532. The first-order valence-corrected chi connectivity index (χ1v) is 11.2. The van der Waals surface area contributed by atoms with E-state index in [1.165, 1.54) is 30.7 Å². The van der Waals surface area contributed by atoms with Gasteiger partial charge >= 0.3 is 0 Å². The van der Waals surface area contributed by atoms with Crippen LogP contribution in [0.1, 0.15) is 76.1 Å². The molecule has 4 rings (SSSR count). The van der Waals surface area contributed by atoms with E-state index in [0.29, 0.717) is 6.54 Å². The number of rotatable bonds is 1. The van der Waals surface area contributed by atoms with Crippen LogP contribution >= 0.6 is 11.6 Å². The number of aryl methyl sites for hydroxylation is 2. The van der Waals surface area contributed by atoms with Gasteiger partial charge < -0.3 is 9.36 Å². The number of carbonyl (C=O) groups excluding carboxylic acids is 1. The first-order chi connectivity index (χ1) is 14.8. The molecular weight excluding hydrogens is 410 g/mol. The maximum atomic E-state index is 9.44. The second-order valence-electron chi connectivity index (χ2n) is 6.90. The third kappa shape index (κ3) is 6.28. The van der Waals surface area contributed by atoms with Gasteiger partial charge in [0.05, 0.1) is 18.3 Å². The predicted molar refractivity (Wildman–Crippen MR) is 129 cm³/mol. The molecule has 0 amide bonds. The van der Waals surface area contributed by atoms with Gasteiger partial charge in [-0.3, -0.25) is 9.88 Å². The lowest BCUT2D eigenvalue weighted by atomic mass is 9.98. The lowest BCUT2D eigenvalue weighted by Gasteiger charge is -2.19. The summed E-state index contributed by atoms with van der Waals surface area (Å²) in [5.41, 5.74) is 4.83. The van der Waals surface area contributed by atoms with Crippen LogP contribution in [0.4, 0.5) is 0 Å². The summed E-state index contributed by atoms with van der Waals surface area (Å²) in [4.78, 5) is 9.44. The highest BCUT2D eigenvalue weighted by Gasteiger charge is 2.28. The summed E-state index contributed by atoms with van der Waals surface area (Å²) in [5.74, 6) is 2.01. The molecule has 1 N–H and O–H groups in total. The minimum absolute atomic E-state index is 0.101. The summed E-state index contributed by atoms with van der Waals surface area (Å²) in [6.07, 6.45) is 2.15. The van der Waals surface area contributed by atoms with Crippen molar-refractivity contribution in [3.05, 3.63) is 64.0 Å². The number of nitrogens with zero attached hydrogens (tertiary/aromatic N) is 4. The molecule has 1 aromatic carbocycles. The van der Waals surface area contributed by atoms with Gasteiger partial charge in [-0.1, -0.05) is 51.4 Å².